The van der Waals surface area contributed by atoms with Crippen molar-refractivity contribution >= 4 is 5.96 Å². The van der Waals surface area contributed by atoms with Crippen LogP contribution in [-0.2, 0) is 11.3 Å². The van der Waals surface area contributed by atoms with E-state index in [4.69, 9.17) is 9.47 Å². The van der Waals surface area contributed by atoms with E-state index in [0.29, 0.717) is 24.4 Å². The van der Waals surface area contributed by atoms with Gasteiger partial charge in [-0.15, -0.1) is 0 Å². The monoisotopic (exact) mass is 318 g/mol. The molecule has 1 unspecified atom stereocenters. The first-order valence-electron chi connectivity index (χ1n) is 8.36. The summed E-state index contributed by atoms with van der Waals surface area (Å²) in [5.41, 5.74) is 1.39. The summed E-state index contributed by atoms with van der Waals surface area (Å²) in [4.78, 5) is 11.1. The summed E-state index contributed by atoms with van der Waals surface area (Å²) < 4.78 is 11.2. The Bertz CT molecular complexity index is 555. The molecule has 0 bridgehead atoms. The molecule has 3 heterocycles. The average Bonchev–Trinajstić information content (AvgIpc) is 3.20. The standard InChI is InChI=1S/C17H26N4O2/c1-3-23-15-14(5-4-8-19-15)11-20-16(18-2)21-9-6-17(12-21)7-10-22-13-17/h4-5,8H,3,6-7,9-13H2,1-2H3,(H,18,20). The zero-order valence-corrected chi connectivity index (χ0v) is 14.0. The van der Waals surface area contributed by atoms with Crippen LogP contribution in [0, 0.1) is 5.41 Å². The fourth-order valence-corrected chi connectivity index (χ4v) is 3.42. The molecule has 1 atom stereocenters. The lowest BCUT2D eigenvalue weighted by atomic mass is 9.87. The molecule has 3 rings (SSSR count). The topological polar surface area (TPSA) is 59.0 Å². The van der Waals surface area contributed by atoms with E-state index >= 15 is 0 Å². The number of guanidine groups is 1. The molecule has 126 valence electrons. The van der Waals surface area contributed by atoms with Gasteiger partial charge in [-0.2, -0.15) is 0 Å². The molecule has 1 spiro atoms. The number of hydrogen-bond donors (Lipinski definition) is 1. The van der Waals surface area contributed by atoms with Crippen LogP contribution in [0.25, 0.3) is 0 Å². The Balaban J connectivity index is 1.61. The van der Waals surface area contributed by atoms with Gasteiger partial charge in [0.05, 0.1) is 13.2 Å². The zero-order chi connectivity index (χ0) is 16.1. The third-order valence-electron chi connectivity index (χ3n) is 4.70. The Morgan fingerprint density at radius 1 is 1.52 bits per heavy atom. The normalized spacial score (nSPS) is 24.4. The van der Waals surface area contributed by atoms with Crippen LogP contribution in [0.3, 0.4) is 0 Å². The highest BCUT2D eigenvalue weighted by molar-refractivity contribution is 5.80. The van der Waals surface area contributed by atoms with E-state index in [1.165, 1.54) is 6.42 Å². The van der Waals surface area contributed by atoms with Gasteiger partial charge in [-0.05, 0) is 25.8 Å². The molecule has 0 aliphatic carbocycles. The van der Waals surface area contributed by atoms with Gasteiger partial charge in [0.2, 0.25) is 5.88 Å². The van der Waals surface area contributed by atoms with Crippen LogP contribution in [0.1, 0.15) is 25.3 Å². The first-order valence-corrected chi connectivity index (χ1v) is 8.36. The van der Waals surface area contributed by atoms with E-state index in [-0.39, 0.29) is 0 Å². The van der Waals surface area contributed by atoms with Gasteiger partial charge in [0.25, 0.3) is 0 Å². The molecule has 2 aliphatic heterocycles. The maximum atomic E-state index is 5.60. The van der Waals surface area contributed by atoms with Crippen molar-refractivity contribution < 1.29 is 9.47 Å². The van der Waals surface area contributed by atoms with E-state index in [0.717, 1.165) is 44.2 Å². The van der Waals surface area contributed by atoms with Crippen LogP contribution in [0.4, 0.5) is 0 Å². The maximum Gasteiger partial charge on any atom is 0.218 e. The van der Waals surface area contributed by atoms with Crippen molar-refractivity contribution in [2.24, 2.45) is 10.4 Å². The Kier molecular flexibility index (Phi) is 5.00. The number of pyridine rings is 1. The van der Waals surface area contributed by atoms with Gasteiger partial charge in [0, 0.05) is 50.5 Å². The Labute approximate surface area is 137 Å². The molecule has 6 heteroatoms. The quantitative estimate of drug-likeness (QED) is 0.676. The summed E-state index contributed by atoms with van der Waals surface area (Å²) in [5.74, 6) is 1.64. The van der Waals surface area contributed by atoms with Crippen molar-refractivity contribution in [1.29, 1.82) is 0 Å². The van der Waals surface area contributed by atoms with E-state index in [1.807, 2.05) is 26.1 Å². The minimum Gasteiger partial charge on any atom is -0.478 e. The number of likely N-dealkylation sites (tertiary alicyclic amines) is 1. The van der Waals surface area contributed by atoms with Crippen molar-refractivity contribution in [3.8, 4) is 5.88 Å². The smallest absolute Gasteiger partial charge is 0.218 e. The molecule has 1 aromatic heterocycles. The van der Waals surface area contributed by atoms with Gasteiger partial charge < -0.3 is 19.7 Å². The summed E-state index contributed by atoms with van der Waals surface area (Å²) in [6, 6.07) is 3.97. The molecule has 1 aromatic rings. The number of rotatable bonds is 4. The molecule has 2 saturated heterocycles. The summed E-state index contributed by atoms with van der Waals surface area (Å²) in [5, 5.41) is 3.45. The fourth-order valence-electron chi connectivity index (χ4n) is 3.42. The van der Waals surface area contributed by atoms with E-state index < -0.39 is 0 Å². The highest BCUT2D eigenvalue weighted by Gasteiger charge is 2.42. The number of aromatic nitrogens is 1. The van der Waals surface area contributed by atoms with E-state index in [1.54, 1.807) is 6.20 Å². The minimum atomic E-state index is 0.336. The van der Waals surface area contributed by atoms with Gasteiger partial charge in [-0.1, -0.05) is 6.07 Å². The molecule has 2 fully saturated rings. The Morgan fingerprint density at radius 3 is 3.17 bits per heavy atom. The largest absolute Gasteiger partial charge is 0.478 e. The predicted octanol–water partition coefficient (Wildman–Crippen LogP) is 1.67. The van der Waals surface area contributed by atoms with Gasteiger partial charge in [-0.25, -0.2) is 4.98 Å². The van der Waals surface area contributed by atoms with E-state index in [2.05, 4.69) is 20.2 Å². The van der Waals surface area contributed by atoms with Crippen molar-refractivity contribution in [3.63, 3.8) is 0 Å². The molecule has 6 nitrogen and oxygen atoms in total. The lowest BCUT2D eigenvalue weighted by Crippen LogP contribution is -2.41. The van der Waals surface area contributed by atoms with Crippen LogP contribution >= 0.6 is 0 Å². The number of nitrogens with zero attached hydrogens (tertiary/aromatic N) is 3. The van der Waals surface area contributed by atoms with Crippen molar-refractivity contribution in [2.75, 3.05) is 40.0 Å². The molecule has 0 amide bonds. The number of hydrogen-bond acceptors (Lipinski definition) is 4. The van der Waals surface area contributed by atoms with Crippen molar-refractivity contribution in [3.05, 3.63) is 23.9 Å². The second-order valence-electron chi connectivity index (χ2n) is 6.28. The summed E-state index contributed by atoms with van der Waals surface area (Å²) >= 11 is 0. The molecule has 0 saturated carbocycles. The number of nitrogens with one attached hydrogen (secondary N) is 1. The number of ether oxygens (including phenoxy) is 2. The molecule has 1 N–H and O–H groups in total. The van der Waals surface area contributed by atoms with Crippen LogP contribution in [0.5, 0.6) is 5.88 Å². The molecule has 0 radical (unpaired) electrons. The van der Waals surface area contributed by atoms with Gasteiger partial charge in [0.1, 0.15) is 0 Å². The van der Waals surface area contributed by atoms with Crippen LogP contribution in [0.15, 0.2) is 23.3 Å². The predicted molar refractivity (Wildman–Crippen MR) is 89.7 cm³/mol. The molecule has 0 aromatic carbocycles. The minimum absolute atomic E-state index is 0.336. The van der Waals surface area contributed by atoms with Crippen molar-refractivity contribution in [2.45, 2.75) is 26.3 Å². The highest BCUT2D eigenvalue weighted by atomic mass is 16.5. The lowest BCUT2D eigenvalue weighted by molar-refractivity contribution is 0.156. The van der Waals surface area contributed by atoms with Crippen LogP contribution in [0.2, 0.25) is 0 Å². The van der Waals surface area contributed by atoms with Gasteiger partial charge >= 0.3 is 0 Å². The number of aliphatic imine (C=N–C) groups is 1. The van der Waals surface area contributed by atoms with Crippen molar-refractivity contribution in [1.82, 2.24) is 15.2 Å². The Hall–Kier alpha value is -1.82. The summed E-state index contributed by atoms with van der Waals surface area (Å²) in [7, 11) is 1.84. The first-order chi connectivity index (χ1) is 11.3. The van der Waals surface area contributed by atoms with Gasteiger partial charge in [-0.3, -0.25) is 4.99 Å². The fraction of sp³-hybridized carbons (Fsp3) is 0.647. The second kappa shape index (κ2) is 7.17. The molecular formula is C17H26N4O2. The molecule has 2 aliphatic rings. The SMILES string of the molecule is CCOc1ncccc1CNC(=NC)N1CCC2(CCOC2)C1. The lowest BCUT2D eigenvalue weighted by Gasteiger charge is -2.25. The third kappa shape index (κ3) is 3.58. The maximum absolute atomic E-state index is 5.60. The second-order valence-corrected chi connectivity index (χ2v) is 6.28. The van der Waals surface area contributed by atoms with Gasteiger partial charge in [0.15, 0.2) is 5.96 Å². The van der Waals surface area contributed by atoms with Crippen LogP contribution < -0.4 is 10.1 Å². The van der Waals surface area contributed by atoms with Crippen LogP contribution in [-0.4, -0.2) is 55.8 Å². The molecular weight excluding hydrogens is 292 g/mol. The Morgan fingerprint density at radius 2 is 2.43 bits per heavy atom. The zero-order valence-electron chi connectivity index (χ0n) is 14.0. The highest BCUT2D eigenvalue weighted by Crippen LogP contribution is 2.38. The van der Waals surface area contributed by atoms with E-state index in [9.17, 15) is 0 Å². The third-order valence-corrected chi connectivity index (χ3v) is 4.70. The summed E-state index contributed by atoms with van der Waals surface area (Å²) in [6.07, 6.45) is 4.11. The first kappa shape index (κ1) is 16.1. The molecule has 23 heavy (non-hydrogen) atoms. The summed E-state index contributed by atoms with van der Waals surface area (Å²) in [6.45, 7) is 7.10. The average molecular weight is 318 g/mol.